The molecule has 19 heavy (non-hydrogen) atoms. The topological polar surface area (TPSA) is 60.2 Å². The van der Waals surface area contributed by atoms with Crippen molar-refractivity contribution in [2.75, 3.05) is 24.8 Å². The highest BCUT2D eigenvalue weighted by Gasteiger charge is 2.14. The van der Waals surface area contributed by atoms with E-state index in [4.69, 9.17) is 10.5 Å². The minimum atomic E-state index is 0.271. The quantitative estimate of drug-likeness (QED) is 0.811. The van der Waals surface area contributed by atoms with Crippen LogP contribution in [0.25, 0.3) is 10.9 Å². The summed E-state index contributed by atoms with van der Waals surface area (Å²) in [7, 11) is 1.72. The zero-order chi connectivity index (χ0) is 13.8. The van der Waals surface area contributed by atoms with E-state index in [1.54, 1.807) is 13.3 Å². The first-order chi connectivity index (χ1) is 9.11. The van der Waals surface area contributed by atoms with Crippen molar-refractivity contribution < 1.29 is 4.74 Å². The van der Waals surface area contributed by atoms with Crippen LogP contribution < -0.4 is 11.1 Å². The highest BCUT2D eigenvalue weighted by molar-refractivity contribution is 5.92. The molecule has 1 unspecified atom stereocenters. The fourth-order valence-corrected chi connectivity index (χ4v) is 2.07. The van der Waals surface area contributed by atoms with Gasteiger partial charge in [0.1, 0.15) is 0 Å². The van der Waals surface area contributed by atoms with Crippen LogP contribution in [0.1, 0.15) is 13.8 Å². The molecule has 0 fully saturated rings. The maximum absolute atomic E-state index is 5.79. The summed E-state index contributed by atoms with van der Waals surface area (Å²) in [4.78, 5) is 4.35. The van der Waals surface area contributed by atoms with Gasteiger partial charge < -0.3 is 15.8 Å². The number of nitrogens with zero attached hydrogens (tertiary/aromatic N) is 1. The Morgan fingerprint density at radius 3 is 2.79 bits per heavy atom. The Morgan fingerprint density at radius 2 is 2.11 bits per heavy atom. The molecule has 0 saturated carbocycles. The molecule has 1 heterocycles. The average Bonchev–Trinajstić information content (AvgIpc) is 2.37. The van der Waals surface area contributed by atoms with Crippen LogP contribution >= 0.6 is 0 Å². The van der Waals surface area contributed by atoms with Gasteiger partial charge in [-0.25, -0.2) is 0 Å². The van der Waals surface area contributed by atoms with Crippen LogP contribution in [-0.4, -0.2) is 24.7 Å². The third-order valence-corrected chi connectivity index (χ3v) is 3.26. The van der Waals surface area contributed by atoms with Gasteiger partial charge >= 0.3 is 0 Å². The summed E-state index contributed by atoms with van der Waals surface area (Å²) < 4.78 is 5.27. The SMILES string of the molecule is COCC(Nc1ccnc2cc(N)ccc12)C(C)C. The molecule has 4 heteroatoms. The lowest BCUT2D eigenvalue weighted by atomic mass is 10.0. The van der Waals surface area contributed by atoms with Crippen LogP contribution in [0.15, 0.2) is 30.5 Å². The molecule has 0 aliphatic carbocycles. The van der Waals surface area contributed by atoms with Crippen molar-refractivity contribution in [1.29, 1.82) is 0 Å². The number of rotatable bonds is 5. The number of pyridine rings is 1. The highest BCUT2D eigenvalue weighted by atomic mass is 16.5. The molecule has 0 spiro atoms. The molecule has 0 amide bonds. The van der Waals surface area contributed by atoms with E-state index in [1.165, 1.54) is 0 Å². The first-order valence-corrected chi connectivity index (χ1v) is 6.51. The van der Waals surface area contributed by atoms with Crippen molar-refractivity contribution in [2.45, 2.75) is 19.9 Å². The molecule has 102 valence electrons. The number of nitrogen functional groups attached to an aromatic ring is 1. The predicted molar refractivity (Wildman–Crippen MR) is 80.3 cm³/mol. The van der Waals surface area contributed by atoms with E-state index in [1.807, 2.05) is 24.3 Å². The number of nitrogens with two attached hydrogens (primary N) is 1. The monoisotopic (exact) mass is 259 g/mol. The number of ether oxygens (including phenoxy) is 1. The van der Waals surface area contributed by atoms with E-state index >= 15 is 0 Å². The summed E-state index contributed by atoms with van der Waals surface area (Å²) in [5.74, 6) is 0.483. The van der Waals surface area contributed by atoms with Gasteiger partial charge in [0.15, 0.2) is 0 Å². The summed E-state index contributed by atoms with van der Waals surface area (Å²) in [6.07, 6.45) is 1.80. The van der Waals surface area contributed by atoms with Crippen LogP contribution in [0.2, 0.25) is 0 Å². The molecule has 0 radical (unpaired) electrons. The standard InChI is InChI=1S/C15H21N3O/c1-10(2)15(9-19-3)18-13-6-7-17-14-8-11(16)4-5-12(13)14/h4-8,10,15H,9,16H2,1-3H3,(H,17,18). The number of benzene rings is 1. The van der Waals surface area contributed by atoms with E-state index in [0.717, 1.165) is 22.3 Å². The number of fused-ring (bicyclic) bond motifs is 1. The molecule has 0 bridgehead atoms. The van der Waals surface area contributed by atoms with Crippen molar-refractivity contribution in [3.8, 4) is 0 Å². The van der Waals surface area contributed by atoms with E-state index in [0.29, 0.717) is 12.5 Å². The Balaban J connectivity index is 2.34. The molecule has 4 nitrogen and oxygen atoms in total. The molecule has 2 aromatic rings. The molecular formula is C15H21N3O. The van der Waals surface area contributed by atoms with Crippen LogP contribution in [0.4, 0.5) is 11.4 Å². The number of nitrogens with one attached hydrogen (secondary N) is 1. The Hall–Kier alpha value is -1.81. The minimum Gasteiger partial charge on any atom is -0.399 e. The van der Waals surface area contributed by atoms with Crippen LogP contribution in [0, 0.1) is 5.92 Å². The predicted octanol–water partition coefficient (Wildman–Crippen LogP) is 2.90. The summed E-state index contributed by atoms with van der Waals surface area (Å²) in [6.45, 7) is 5.03. The smallest absolute Gasteiger partial charge is 0.0743 e. The van der Waals surface area contributed by atoms with Gasteiger partial charge in [0.25, 0.3) is 0 Å². The molecule has 1 atom stereocenters. The van der Waals surface area contributed by atoms with Crippen molar-refractivity contribution in [3.05, 3.63) is 30.5 Å². The van der Waals surface area contributed by atoms with E-state index < -0.39 is 0 Å². The van der Waals surface area contributed by atoms with Crippen molar-refractivity contribution in [3.63, 3.8) is 0 Å². The van der Waals surface area contributed by atoms with Crippen LogP contribution in [-0.2, 0) is 4.74 Å². The Kier molecular flexibility index (Phi) is 4.22. The molecular weight excluding hydrogens is 238 g/mol. The second kappa shape index (κ2) is 5.89. The van der Waals surface area contributed by atoms with Crippen molar-refractivity contribution in [2.24, 2.45) is 5.92 Å². The fraction of sp³-hybridized carbons (Fsp3) is 0.400. The van der Waals surface area contributed by atoms with E-state index in [9.17, 15) is 0 Å². The van der Waals surface area contributed by atoms with Gasteiger partial charge in [-0.05, 0) is 30.2 Å². The molecule has 0 aliphatic rings. The van der Waals surface area contributed by atoms with Gasteiger partial charge in [-0.1, -0.05) is 13.8 Å². The Morgan fingerprint density at radius 1 is 1.32 bits per heavy atom. The first kappa shape index (κ1) is 13.6. The third-order valence-electron chi connectivity index (χ3n) is 3.26. The average molecular weight is 259 g/mol. The summed E-state index contributed by atoms with van der Waals surface area (Å²) >= 11 is 0. The number of aromatic nitrogens is 1. The number of hydrogen-bond acceptors (Lipinski definition) is 4. The first-order valence-electron chi connectivity index (χ1n) is 6.51. The van der Waals surface area contributed by atoms with Gasteiger partial charge in [0.05, 0.1) is 18.2 Å². The lowest BCUT2D eigenvalue weighted by Crippen LogP contribution is -2.30. The molecule has 3 N–H and O–H groups in total. The van der Waals surface area contributed by atoms with Crippen molar-refractivity contribution in [1.82, 2.24) is 4.98 Å². The highest BCUT2D eigenvalue weighted by Crippen LogP contribution is 2.24. The van der Waals surface area contributed by atoms with Crippen LogP contribution in [0.5, 0.6) is 0 Å². The van der Waals surface area contributed by atoms with Crippen molar-refractivity contribution >= 4 is 22.3 Å². The zero-order valence-corrected chi connectivity index (χ0v) is 11.7. The number of hydrogen-bond donors (Lipinski definition) is 2. The maximum atomic E-state index is 5.79. The van der Waals surface area contributed by atoms with E-state index in [2.05, 4.69) is 24.1 Å². The molecule has 1 aromatic heterocycles. The third kappa shape index (κ3) is 3.15. The maximum Gasteiger partial charge on any atom is 0.0743 e. The van der Waals surface area contributed by atoms with Gasteiger partial charge in [-0.2, -0.15) is 0 Å². The zero-order valence-electron chi connectivity index (χ0n) is 11.7. The minimum absolute atomic E-state index is 0.271. The Labute approximate surface area is 114 Å². The summed E-state index contributed by atoms with van der Waals surface area (Å²) in [6, 6.07) is 8.05. The summed E-state index contributed by atoms with van der Waals surface area (Å²) in [5, 5.41) is 4.62. The normalized spacial score (nSPS) is 12.8. The summed E-state index contributed by atoms with van der Waals surface area (Å²) in [5.41, 5.74) is 8.50. The molecule has 2 rings (SSSR count). The lowest BCUT2D eigenvalue weighted by Gasteiger charge is -2.23. The molecule has 1 aromatic carbocycles. The van der Waals surface area contributed by atoms with Gasteiger partial charge in [-0.3, -0.25) is 4.98 Å². The largest absolute Gasteiger partial charge is 0.399 e. The fourth-order valence-electron chi connectivity index (χ4n) is 2.07. The number of anilines is 2. The van der Waals surface area contributed by atoms with E-state index in [-0.39, 0.29) is 6.04 Å². The Bertz CT molecular complexity index is 554. The number of methoxy groups -OCH3 is 1. The molecule has 0 saturated heterocycles. The van der Waals surface area contributed by atoms with Gasteiger partial charge in [-0.15, -0.1) is 0 Å². The molecule has 0 aliphatic heterocycles. The second-order valence-electron chi connectivity index (χ2n) is 5.09. The lowest BCUT2D eigenvalue weighted by molar-refractivity contribution is 0.171. The second-order valence-corrected chi connectivity index (χ2v) is 5.09. The van der Waals surface area contributed by atoms with Crippen LogP contribution in [0.3, 0.4) is 0 Å². The van der Waals surface area contributed by atoms with Gasteiger partial charge in [0, 0.05) is 30.1 Å². The van der Waals surface area contributed by atoms with Gasteiger partial charge in [0.2, 0.25) is 0 Å².